The summed E-state index contributed by atoms with van der Waals surface area (Å²) in [7, 11) is 1.58. The molecule has 1 aliphatic rings. The van der Waals surface area contributed by atoms with Crippen LogP contribution in [0.15, 0.2) is 22.7 Å². The minimum Gasteiger partial charge on any atom is -0.491 e. The van der Waals surface area contributed by atoms with Crippen molar-refractivity contribution in [1.29, 1.82) is 0 Å². The summed E-state index contributed by atoms with van der Waals surface area (Å²) >= 11 is 0. The van der Waals surface area contributed by atoms with E-state index in [4.69, 9.17) is 14.0 Å². The SMILES string of the molecule is CO[C@@H](C)c1noc(CNc2ccc(F)cc2OCC2CC2)n1. The second kappa shape index (κ2) is 6.95. The van der Waals surface area contributed by atoms with Crippen molar-refractivity contribution < 1.29 is 18.4 Å². The smallest absolute Gasteiger partial charge is 0.246 e. The molecule has 23 heavy (non-hydrogen) atoms. The number of ether oxygens (including phenoxy) is 2. The van der Waals surface area contributed by atoms with Crippen LogP contribution in [-0.2, 0) is 11.3 Å². The molecule has 1 aliphatic carbocycles. The van der Waals surface area contributed by atoms with Gasteiger partial charge in [-0.25, -0.2) is 4.39 Å². The van der Waals surface area contributed by atoms with Crippen molar-refractivity contribution in [2.24, 2.45) is 5.92 Å². The summed E-state index contributed by atoms with van der Waals surface area (Å²) in [5.74, 6) is 1.70. The Kier molecular flexibility index (Phi) is 4.76. The van der Waals surface area contributed by atoms with Gasteiger partial charge in [0, 0.05) is 13.2 Å². The quantitative estimate of drug-likeness (QED) is 0.804. The molecule has 2 aromatic rings. The van der Waals surface area contributed by atoms with Crippen molar-refractivity contribution in [2.45, 2.75) is 32.4 Å². The monoisotopic (exact) mass is 321 g/mol. The summed E-state index contributed by atoms with van der Waals surface area (Å²) in [6, 6.07) is 4.42. The van der Waals surface area contributed by atoms with Crippen molar-refractivity contribution in [3.8, 4) is 5.75 Å². The highest BCUT2D eigenvalue weighted by Crippen LogP contribution is 2.32. The Morgan fingerprint density at radius 1 is 1.43 bits per heavy atom. The Morgan fingerprint density at radius 3 is 3.00 bits per heavy atom. The predicted molar refractivity (Wildman–Crippen MR) is 81.7 cm³/mol. The third-order valence-electron chi connectivity index (χ3n) is 3.75. The van der Waals surface area contributed by atoms with Gasteiger partial charge in [-0.05, 0) is 37.8 Å². The average Bonchev–Trinajstić information content (AvgIpc) is 3.27. The number of rotatable bonds is 8. The molecule has 7 heteroatoms. The summed E-state index contributed by atoms with van der Waals surface area (Å²) in [6.07, 6.45) is 2.14. The van der Waals surface area contributed by atoms with Crippen molar-refractivity contribution in [3.05, 3.63) is 35.7 Å². The molecule has 1 atom stereocenters. The first kappa shape index (κ1) is 15.7. The molecular formula is C16H20FN3O3. The molecule has 1 saturated carbocycles. The van der Waals surface area contributed by atoms with Gasteiger partial charge in [0.05, 0.1) is 18.8 Å². The fourth-order valence-electron chi connectivity index (χ4n) is 2.03. The van der Waals surface area contributed by atoms with Crippen LogP contribution >= 0.6 is 0 Å². The highest BCUT2D eigenvalue weighted by Gasteiger charge is 2.22. The maximum absolute atomic E-state index is 13.4. The van der Waals surface area contributed by atoms with Gasteiger partial charge in [0.15, 0.2) is 5.82 Å². The van der Waals surface area contributed by atoms with Crippen LogP contribution in [0.1, 0.15) is 37.6 Å². The van der Waals surface area contributed by atoms with Gasteiger partial charge in [-0.2, -0.15) is 4.98 Å². The van der Waals surface area contributed by atoms with Gasteiger partial charge in [-0.3, -0.25) is 0 Å². The van der Waals surface area contributed by atoms with Crippen molar-refractivity contribution in [2.75, 3.05) is 19.0 Å². The minimum atomic E-state index is -0.324. The lowest BCUT2D eigenvalue weighted by Crippen LogP contribution is -2.06. The van der Waals surface area contributed by atoms with Gasteiger partial charge in [0.25, 0.3) is 0 Å². The Bertz CT molecular complexity index is 658. The third-order valence-corrected chi connectivity index (χ3v) is 3.75. The van der Waals surface area contributed by atoms with Crippen LogP contribution in [0.2, 0.25) is 0 Å². The van der Waals surface area contributed by atoms with Gasteiger partial charge < -0.3 is 19.3 Å². The normalized spacial score (nSPS) is 15.4. The number of nitrogens with zero attached hydrogens (tertiary/aromatic N) is 2. The highest BCUT2D eigenvalue weighted by molar-refractivity contribution is 5.56. The number of methoxy groups -OCH3 is 1. The average molecular weight is 321 g/mol. The third kappa shape index (κ3) is 4.19. The lowest BCUT2D eigenvalue weighted by Gasteiger charge is -2.12. The molecule has 0 unspecified atom stereocenters. The Balaban J connectivity index is 1.63. The molecule has 1 aromatic carbocycles. The van der Waals surface area contributed by atoms with E-state index >= 15 is 0 Å². The van der Waals surface area contributed by atoms with E-state index in [1.54, 1.807) is 13.2 Å². The molecule has 0 aliphatic heterocycles. The number of hydrogen-bond acceptors (Lipinski definition) is 6. The van der Waals surface area contributed by atoms with E-state index in [2.05, 4.69) is 15.5 Å². The number of anilines is 1. The summed E-state index contributed by atoms with van der Waals surface area (Å²) in [5.41, 5.74) is 0.701. The molecule has 0 radical (unpaired) electrons. The van der Waals surface area contributed by atoms with Gasteiger partial charge in [0.1, 0.15) is 17.7 Å². The van der Waals surface area contributed by atoms with Gasteiger partial charge in [-0.1, -0.05) is 5.16 Å². The van der Waals surface area contributed by atoms with Crippen LogP contribution in [0.4, 0.5) is 10.1 Å². The molecule has 1 aromatic heterocycles. The van der Waals surface area contributed by atoms with Crippen molar-refractivity contribution in [1.82, 2.24) is 10.1 Å². The molecule has 124 valence electrons. The zero-order valence-electron chi connectivity index (χ0n) is 13.2. The van der Waals surface area contributed by atoms with Crippen LogP contribution < -0.4 is 10.1 Å². The van der Waals surface area contributed by atoms with Gasteiger partial charge >= 0.3 is 0 Å². The number of benzene rings is 1. The molecule has 0 amide bonds. The topological polar surface area (TPSA) is 69.4 Å². The summed E-state index contributed by atoms with van der Waals surface area (Å²) in [6.45, 7) is 2.79. The summed E-state index contributed by atoms with van der Waals surface area (Å²) in [5, 5.41) is 7.00. The maximum atomic E-state index is 13.4. The Hall–Kier alpha value is -2.15. The van der Waals surface area contributed by atoms with E-state index in [1.807, 2.05) is 6.92 Å². The first-order chi connectivity index (χ1) is 11.2. The van der Waals surface area contributed by atoms with Crippen LogP contribution in [0.3, 0.4) is 0 Å². The van der Waals surface area contributed by atoms with Crippen LogP contribution in [-0.4, -0.2) is 23.9 Å². The molecule has 3 rings (SSSR count). The molecule has 0 saturated heterocycles. The van der Waals surface area contributed by atoms with Crippen LogP contribution in [0.25, 0.3) is 0 Å². The lowest BCUT2D eigenvalue weighted by atomic mass is 10.2. The second-order valence-electron chi connectivity index (χ2n) is 5.67. The fourth-order valence-corrected chi connectivity index (χ4v) is 2.03. The van der Waals surface area contributed by atoms with E-state index in [-0.39, 0.29) is 11.9 Å². The number of nitrogens with one attached hydrogen (secondary N) is 1. The summed E-state index contributed by atoms with van der Waals surface area (Å²) < 4.78 is 29.4. The predicted octanol–water partition coefficient (Wildman–Crippen LogP) is 3.32. The molecule has 1 heterocycles. The number of hydrogen-bond donors (Lipinski definition) is 1. The fraction of sp³-hybridized carbons (Fsp3) is 0.500. The lowest BCUT2D eigenvalue weighted by molar-refractivity contribution is 0.109. The van der Waals surface area contributed by atoms with E-state index in [9.17, 15) is 4.39 Å². The first-order valence-corrected chi connectivity index (χ1v) is 7.67. The molecule has 6 nitrogen and oxygen atoms in total. The molecule has 0 bridgehead atoms. The van der Waals surface area contributed by atoms with Gasteiger partial charge in [0.2, 0.25) is 5.89 Å². The van der Waals surface area contributed by atoms with Crippen LogP contribution in [0, 0.1) is 11.7 Å². The highest BCUT2D eigenvalue weighted by atomic mass is 19.1. The molecule has 0 spiro atoms. The van der Waals surface area contributed by atoms with Crippen LogP contribution in [0.5, 0.6) is 5.75 Å². The van der Waals surface area contributed by atoms with E-state index in [0.29, 0.717) is 42.2 Å². The van der Waals surface area contributed by atoms with E-state index in [0.717, 1.165) is 0 Å². The van der Waals surface area contributed by atoms with Gasteiger partial charge in [-0.15, -0.1) is 0 Å². The van der Waals surface area contributed by atoms with Crippen molar-refractivity contribution >= 4 is 5.69 Å². The maximum Gasteiger partial charge on any atom is 0.246 e. The second-order valence-corrected chi connectivity index (χ2v) is 5.67. The summed E-state index contributed by atoms with van der Waals surface area (Å²) in [4.78, 5) is 4.25. The Labute approximate surface area is 134 Å². The van der Waals surface area contributed by atoms with Crippen molar-refractivity contribution in [3.63, 3.8) is 0 Å². The van der Waals surface area contributed by atoms with E-state index < -0.39 is 0 Å². The zero-order chi connectivity index (χ0) is 16.2. The Morgan fingerprint density at radius 2 is 2.26 bits per heavy atom. The standard InChI is InChI=1S/C16H20FN3O3/c1-10(21-2)16-19-15(23-20-16)8-18-13-6-5-12(17)7-14(13)22-9-11-3-4-11/h5-7,10-11,18H,3-4,8-9H2,1-2H3/t10-/m0/s1. The minimum absolute atomic E-state index is 0.226. The molecule has 1 N–H and O–H groups in total. The number of aromatic nitrogens is 2. The molecular weight excluding hydrogens is 301 g/mol. The zero-order valence-corrected chi connectivity index (χ0v) is 13.2. The first-order valence-electron chi connectivity index (χ1n) is 7.67. The molecule has 1 fully saturated rings. The van der Waals surface area contributed by atoms with E-state index in [1.165, 1.54) is 25.0 Å². The largest absolute Gasteiger partial charge is 0.491 e. The number of halogens is 1.